The summed E-state index contributed by atoms with van der Waals surface area (Å²) in [5, 5.41) is 9.35. The molecule has 1 N–H and O–H groups in total. The highest BCUT2D eigenvalue weighted by atomic mass is 35.5. The first-order valence-electron chi connectivity index (χ1n) is 5.13. The second-order valence-electron chi connectivity index (χ2n) is 3.65. The van der Waals surface area contributed by atoms with Gasteiger partial charge in [-0.1, -0.05) is 11.6 Å². The number of carbonyl (C=O) groups is 1. The van der Waals surface area contributed by atoms with Crippen molar-refractivity contribution >= 4 is 17.6 Å². The summed E-state index contributed by atoms with van der Waals surface area (Å²) in [5.74, 6) is -0.812. The van der Waals surface area contributed by atoms with Crippen LogP contribution in [0, 0.1) is 13.8 Å². The maximum atomic E-state index is 11.1. The van der Waals surface area contributed by atoms with E-state index in [1.807, 2.05) is 6.92 Å². The van der Waals surface area contributed by atoms with Gasteiger partial charge >= 0.3 is 5.97 Å². The van der Waals surface area contributed by atoms with Crippen LogP contribution in [0.25, 0.3) is 0 Å². The van der Waals surface area contributed by atoms with Crippen LogP contribution in [-0.2, 0) is 4.74 Å². The molecule has 0 amide bonds. The number of halogens is 1. The molecule has 0 saturated carbocycles. The summed E-state index contributed by atoms with van der Waals surface area (Å²) in [5.41, 5.74) is 1.65. The van der Waals surface area contributed by atoms with E-state index in [0.717, 1.165) is 11.1 Å². The Morgan fingerprint density at radius 1 is 1.41 bits per heavy atom. The van der Waals surface area contributed by atoms with Crippen LogP contribution in [0.3, 0.4) is 0 Å². The number of aryl methyl sites for hydroxylation is 1. The van der Waals surface area contributed by atoms with Gasteiger partial charge in [0.15, 0.2) is 0 Å². The van der Waals surface area contributed by atoms with Crippen molar-refractivity contribution in [1.29, 1.82) is 0 Å². The van der Waals surface area contributed by atoms with Crippen molar-refractivity contribution in [1.82, 2.24) is 0 Å². The highest BCUT2D eigenvalue weighted by Gasteiger charge is 2.19. The molecule has 4 nitrogen and oxygen atoms in total. The molecule has 0 atom stereocenters. The molecule has 94 valence electrons. The summed E-state index contributed by atoms with van der Waals surface area (Å²) >= 11 is 6.02. The Balaban J connectivity index is 3.14. The Morgan fingerprint density at radius 3 is 2.59 bits per heavy atom. The predicted molar refractivity (Wildman–Crippen MR) is 65.3 cm³/mol. The molecule has 0 aliphatic heterocycles. The van der Waals surface area contributed by atoms with Gasteiger partial charge in [-0.2, -0.15) is 0 Å². The molecule has 0 aromatic heterocycles. The van der Waals surface area contributed by atoms with E-state index in [1.165, 1.54) is 0 Å². The first kappa shape index (κ1) is 13.8. The monoisotopic (exact) mass is 258 g/mol. The molecule has 1 rings (SSSR count). The van der Waals surface area contributed by atoms with Gasteiger partial charge in [0.2, 0.25) is 0 Å². The molecule has 0 radical (unpaired) electrons. The molecule has 1 aromatic carbocycles. The topological polar surface area (TPSA) is 55.8 Å². The Kier molecular flexibility index (Phi) is 4.78. The maximum absolute atomic E-state index is 11.1. The average Bonchev–Trinajstić information content (AvgIpc) is 2.26. The van der Waals surface area contributed by atoms with Crippen LogP contribution in [0.5, 0.6) is 5.75 Å². The molecule has 0 heterocycles. The summed E-state index contributed by atoms with van der Waals surface area (Å²) in [7, 11) is 1.55. The van der Waals surface area contributed by atoms with E-state index in [-0.39, 0.29) is 22.9 Å². The fourth-order valence-electron chi connectivity index (χ4n) is 1.39. The van der Waals surface area contributed by atoms with Crippen LogP contribution in [-0.4, -0.2) is 31.4 Å². The Morgan fingerprint density at radius 2 is 2.06 bits per heavy atom. The summed E-state index contributed by atoms with van der Waals surface area (Å²) in [6.45, 7) is 4.32. The van der Waals surface area contributed by atoms with Crippen LogP contribution in [0.1, 0.15) is 21.5 Å². The van der Waals surface area contributed by atoms with E-state index >= 15 is 0 Å². The average molecular weight is 259 g/mol. The normalized spacial score (nSPS) is 10.4. The first-order valence-corrected chi connectivity index (χ1v) is 5.51. The van der Waals surface area contributed by atoms with Crippen LogP contribution in [0.2, 0.25) is 5.02 Å². The van der Waals surface area contributed by atoms with Crippen molar-refractivity contribution in [2.24, 2.45) is 0 Å². The Hall–Kier alpha value is -1.26. The van der Waals surface area contributed by atoms with Gasteiger partial charge in [-0.3, -0.25) is 0 Å². The molecule has 0 spiro atoms. The lowest BCUT2D eigenvalue weighted by Crippen LogP contribution is -2.10. The number of benzene rings is 1. The smallest absolute Gasteiger partial charge is 0.341 e. The molecule has 0 unspecified atom stereocenters. The van der Waals surface area contributed by atoms with E-state index in [1.54, 1.807) is 20.1 Å². The molecule has 0 fully saturated rings. The number of aromatic carboxylic acids is 1. The molecule has 17 heavy (non-hydrogen) atoms. The van der Waals surface area contributed by atoms with Gasteiger partial charge in [0.1, 0.15) is 17.9 Å². The molecular formula is C12H15ClO4. The number of carboxylic acid groups (broad SMARTS) is 1. The third-order valence-corrected chi connectivity index (χ3v) is 2.97. The van der Waals surface area contributed by atoms with Gasteiger partial charge in [-0.05, 0) is 31.0 Å². The lowest BCUT2D eigenvalue weighted by Gasteiger charge is -2.13. The second-order valence-corrected chi connectivity index (χ2v) is 4.03. The third-order valence-electron chi connectivity index (χ3n) is 2.49. The van der Waals surface area contributed by atoms with E-state index in [9.17, 15) is 4.79 Å². The second kappa shape index (κ2) is 5.89. The van der Waals surface area contributed by atoms with Crippen molar-refractivity contribution in [3.8, 4) is 5.75 Å². The number of rotatable bonds is 5. The summed E-state index contributed by atoms with van der Waals surface area (Å²) in [6.07, 6.45) is 0. The van der Waals surface area contributed by atoms with Crippen molar-refractivity contribution in [2.45, 2.75) is 13.8 Å². The van der Waals surface area contributed by atoms with Crippen LogP contribution in [0.4, 0.5) is 0 Å². The predicted octanol–water partition coefficient (Wildman–Crippen LogP) is 2.68. The fraction of sp³-hybridized carbons (Fsp3) is 0.417. The van der Waals surface area contributed by atoms with Crippen LogP contribution in [0.15, 0.2) is 6.07 Å². The van der Waals surface area contributed by atoms with Crippen LogP contribution >= 0.6 is 11.6 Å². The van der Waals surface area contributed by atoms with E-state index in [2.05, 4.69) is 0 Å². The standard InChI is InChI=1S/C12H15ClO4/c1-7-6-9(17-5-4-16-3)10(12(14)15)11(13)8(7)2/h6H,4-5H2,1-3H3,(H,14,15). The van der Waals surface area contributed by atoms with Crippen molar-refractivity contribution < 1.29 is 19.4 Å². The van der Waals surface area contributed by atoms with E-state index in [0.29, 0.717) is 6.61 Å². The first-order chi connectivity index (χ1) is 7.99. The molecule has 5 heteroatoms. The van der Waals surface area contributed by atoms with Crippen molar-refractivity contribution in [3.05, 3.63) is 27.8 Å². The minimum atomic E-state index is -1.09. The number of carboxylic acids is 1. The maximum Gasteiger partial charge on any atom is 0.341 e. The third kappa shape index (κ3) is 3.11. The number of ether oxygens (including phenoxy) is 2. The summed E-state index contributed by atoms with van der Waals surface area (Å²) in [6, 6.07) is 1.68. The van der Waals surface area contributed by atoms with Gasteiger partial charge in [0.25, 0.3) is 0 Å². The molecule has 0 aliphatic rings. The largest absolute Gasteiger partial charge is 0.490 e. The van der Waals surface area contributed by atoms with Gasteiger partial charge in [-0.15, -0.1) is 0 Å². The number of hydrogen-bond donors (Lipinski definition) is 1. The fourth-order valence-corrected chi connectivity index (χ4v) is 1.72. The number of methoxy groups -OCH3 is 1. The minimum absolute atomic E-state index is 0.00543. The highest BCUT2D eigenvalue weighted by molar-refractivity contribution is 6.34. The minimum Gasteiger partial charge on any atom is -0.490 e. The molecular weight excluding hydrogens is 244 g/mol. The highest BCUT2D eigenvalue weighted by Crippen LogP contribution is 2.32. The van der Waals surface area contributed by atoms with Crippen molar-refractivity contribution in [2.75, 3.05) is 20.3 Å². The summed E-state index contributed by atoms with van der Waals surface area (Å²) in [4.78, 5) is 11.1. The van der Waals surface area contributed by atoms with Gasteiger partial charge in [0.05, 0.1) is 11.6 Å². The van der Waals surface area contributed by atoms with E-state index in [4.69, 9.17) is 26.2 Å². The van der Waals surface area contributed by atoms with Gasteiger partial charge in [0, 0.05) is 7.11 Å². The van der Waals surface area contributed by atoms with Gasteiger partial charge < -0.3 is 14.6 Å². The van der Waals surface area contributed by atoms with E-state index < -0.39 is 5.97 Å². The zero-order valence-electron chi connectivity index (χ0n) is 10.0. The zero-order chi connectivity index (χ0) is 13.0. The summed E-state index contributed by atoms with van der Waals surface area (Å²) < 4.78 is 10.2. The quantitative estimate of drug-likeness (QED) is 0.825. The SMILES string of the molecule is COCCOc1cc(C)c(C)c(Cl)c1C(=O)O. The number of hydrogen-bond acceptors (Lipinski definition) is 3. The Labute approximate surface area is 105 Å². The lowest BCUT2D eigenvalue weighted by atomic mass is 10.0. The lowest BCUT2D eigenvalue weighted by molar-refractivity contribution is 0.0689. The van der Waals surface area contributed by atoms with Crippen molar-refractivity contribution in [3.63, 3.8) is 0 Å². The van der Waals surface area contributed by atoms with Crippen LogP contribution < -0.4 is 4.74 Å². The molecule has 0 saturated heterocycles. The molecule has 1 aromatic rings. The molecule has 0 aliphatic carbocycles. The Bertz CT molecular complexity index is 429. The molecule has 0 bridgehead atoms. The zero-order valence-corrected chi connectivity index (χ0v) is 10.8. The van der Waals surface area contributed by atoms with Gasteiger partial charge in [-0.25, -0.2) is 4.79 Å².